The number of hydrogen-bond donors (Lipinski definition) is 4. The highest BCUT2D eigenvalue weighted by molar-refractivity contribution is 5.91. The number of hydrogen-bond acceptors (Lipinski definition) is 7. The van der Waals surface area contributed by atoms with Crippen LogP contribution in [0.4, 0.5) is 0 Å². The van der Waals surface area contributed by atoms with Gasteiger partial charge in [0.15, 0.2) is 5.82 Å². The predicted molar refractivity (Wildman–Crippen MR) is 143 cm³/mol. The van der Waals surface area contributed by atoms with Crippen molar-refractivity contribution >= 4 is 11.8 Å². The van der Waals surface area contributed by atoms with Crippen molar-refractivity contribution in [3.8, 4) is 22.5 Å². The zero-order valence-corrected chi connectivity index (χ0v) is 21.3. The second-order valence-electron chi connectivity index (χ2n) is 9.46. The van der Waals surface area contributed by atoms with Crippen molar-refractivity contribution in [3.05, 3.63) is 90.0 Å². The summed E-state index contributed by atoms with van der Waals surface area (Å²) in [5.74, 6) is -0.214. The fraction of sp³-hybridized carbons (Fsp3) is 0.250. The van der Waals surface area contributed by atoms with E-state index in [0.717, 1.165) is 27.8 Å². The number of H-pyrrole nitrogens is 1. The highest BCUT2D eigenvalue weighted by Gasteiger charge is 2.28. The Bertz CT molecular complexity index is 1340. The van der Waals surface area contributed by atoms with Gasteiger partial charge in [0.25, 0.3) is 0 Å². The second kappa shape index (κ2) is 12.2. The van der Waals surface area contributed by atoms with Crippen LogP contribution in [0.15, 0.2) is 78.9 Å². The Morgan fingerprint density at radius 2 is 1.63 bits per heavy atom. The SMILES string of the molecule is CC(C)(N)C(=O)NC(COCc1ccccc1)C(=O)NCc1ccc(-c2ccccc2-c2nnn[nH]2)cc1. The molecule has 0 aliphatic heterocycles. The highest BCUT2D eigenvalue weighted by Crippen LogP contribution is 2.29. The van der Waals surface area contributed by atoms with Crippen molar-refractivity contribution in [2.45, 2.75) is 38.6 Å². The number of carbonyl (C=O) groups is 2. The summed E-state index contributed by atoms with van der Waals surface area (Å²) in [4.78, 5) is 25.5. The van der Waals surface area contributed by atoms with Crippen LogP contribution in [0.2, 0.25) is 0 Å². The summed E-state index contributed by atoms with van der Waals surface area (Å²) in [5.41, 5.74) is 9.50. The van der Waals surface area contributed by atoms with Crippen LogP contribution in [-0.2, 0) is 27.5 Å². The first-order chi connectivity index (χ1) is 18.3. The maximum atomic E-state index is 13.0. The molecule has 4 aromatic rings. The number of ether oxygens (including phenoxy) is 1. The Labute approximate surface area is 221 Å². The molecule has 0 saturated carbocycles. The summed E-state index contributed by atoms with van der Waals surface area (Å²) in [7, 11) is 0. The lowest BCUT2D eigenvalue weighted by Crippen LogP contribution is -2.57. The van der Waals surface area contributed by atoms with Crippen LogP contribution in [0.25, 0.3) is 22.5 Å². The molecule has 0 bridgehead atoms. The van der Waals surface area contributed by atoms with Crippen molar-refractivity contribution in [1.29, 1.82) is 0 Å². The molecule has 4 rings (SSSR count). The first-order valence-electron chi connectivity index (χ1n) is 12.2. The van der Waals surface area contributed by atoms with Crippen LogP contribution in [0.1, 0.15) is 25.0 Å². The van der Waals surface area contributed by atoms with Gasteiger partial charge in [0.1, 0.15) is 6.04 Å². The number of aromatic amines is 1. The van der Waals surface area contributed by atoms with Crippen molar-refractivity contribution in [3.63, 3.8) is 0 Å². The number of rotatable bonds is 11. The van der Waals surface area contributed by atoms with Crippen LogP contribution in [-0.4, -0.2) is 50.6 Å². The molecule has 38 heavy (non-hydrogen) atoms. The molecule has 0 aliphatic carbocycles. The van der Waals surface area contributed by atoms with Gasteiger partial charge >= 0.3 is 0 Å². The topological polar surface area (TPSA) is 148 Å². The minimum absolute atomic E-state index is 0.00869. The summed E-state index contributed by atoms with van der Waals surface area (Å²) >= 11 is 0. The largest absolute Gasteiger partial charge is 0.374 e. The van der Waals surface area contributed by atoms with Gasteiger partial charge in [-0.25, -0.2) is 5.10 Å². The van der Waals surface area contributed by atoms with E-state index in [9.17, 15) is 9.59 Å². The summed E-state index contributed by atoms with van der Waals surface area (Å²) in [6.45, 7) is 3.78. The van der Waals surface area contributed by atoms with E-state index in [1.807, 2.05) is 78.9 Å². The van der Waals surface area contributed by atoms with Gasteiger partial charge in [-0.2, -0.15) is 0 Å². The first-order valence-corrected chi connectivity index (χ1v) is 12.2. The highest BCUT2D eigenvalue weighted by atomic mass is 16.5. The Morgan fingerprint density at radius 1 is 0.947 bits per heavy atom. The lowest BCUT2D eigenvalue weighted by atomic mass is 9.98. The second-order valence-corrected chi connectivity index (χ2v) is 9.46. The minimum atomic E-state index is -1.13. The number of tetrazole rings is 1. The normalized spacial score (nSPS) is 12.1. The van der Waals surface area contributed by atoms with E-state index in [-0.39, 0.29) is 19.1 Å². The van der Waals surface area contributed by atoms with E-state index >= 15 is 0 Å². The number of aromatic nitrogens is 4. The standard InChI is InChI=1S/C28H31N7O3/c1-28(2,29)27(37)31-24(18-38-17-20-8-4-3-5-9-20)26(36)30-16-19-12-14-21(15-13-19)22-10-6-7-11-23(22)25-32-34-35-33-25/h3-15,24H,16-18,29H2,1-2H3,(H,30,36)(H,31,37)(H,32,33,34,35). The van der Waals surface area contributed by atoms with Gasteiger partial charge in [0.2, 0.25) is 11.8 Å². The first kappa shape index (κ1) is 26.6. The molecule has 1 atom stereocenters. The zero-order chi connectivity index (χ0) is 27.0. The number of nitrogens with zero attached hydrogens (tertiary/aromatic N) is 3. The average Bonchev–Trinajstić information content (AvgIpc) is 3.46. The van der Waals surface area contributed by atoms with E-state index in [1.165, 1.54) is 0 Å². The van der Waals surface area contributed by atoms with E-state index in [2.05, 4.69) is 31.3 Å². The summed E-state index contributed by atoms with van der Waals surface area (Å²) in [6.07, 6.45) is 0. The molecule has 10 heteroatoms. The van der Waals surface area contributed by atoms with E-state index in [4.69, 9.17) is 10.5 Å². The summed E-state index contributed by atoms with van der Waals surface area (Å²) in [5, 5.41) is 19.7. The van der Waals surface area contributed by atoms with Crippen LogP contribution >= 0.6 is 0 Å². The van der Waals surface area contributed by atoms with Crippen LogP contribution in [0.5, 0.6) is 0 Å². The molecule has 3 aromatic carbocycles. The lowest BCUT2D eigenvalue weighted by molar-refractivity contribution is -0.132. The fourth-order valence-electron chi connectivity index (χ4n) is 3.73. The third kappa shape index (κ3) is 7.09. The Hall–Kier alpha value is -4.41. The average molecular weight is 514 g/mol. The van der Waals surface area contributed by atoms with E-state index in [0.29, 0.717) is 12.4 Å². The van der Waals surface area contributed by atoms with Gasteiger partial charge in [0.05, 0.1) is 18.8 Å². The molecular formula is C28H31N7O3. The molecule has 10 nitrogen and oxygen atoms in total. The van der Waals surface area contributed by atoms with Crippen molar-refractivity contribution in [1.82, 2.24) is 31.3 Å². The molecule has 0 fully saturated rings. The fourth-order valence-corrected chi connectivity index (χ4v) is 3.73. The van der Waals surface area contributed by atoms with Gasteiger partial charge in [-0.15, -0.1) is 5.10 Å². The van der Waals surface area contributed by atoms with Crippen molar-refractivity contribution in [2.24, 2.45) is 5.73 Å². The molecule has 0 spiro atoms. The molecule has 5 N–H and O–H groups in total. The number of carbonyl (C=O) groups excluding carboxylic acids is 2. The minimum Gasteiger partial charge on any atom is -0.374 e. The quantitative estimate of drug-likeness (QED) is 0.241. The van der Waals surface area contributed by atoms with E-state index in [1.54, 1.807) is 13.8 Å². The number of nitrogens with one attached hydrogen (secondary N) is 3. The maximum absolute atomic E-state index is 13.0. The Balaban J connectivity index is 1.39. The van der Waals surface area contributed by atoms with Crippen molar-refractivity contribution in [2.75, 3.05) is 6.61 Å². The molecule has 0 radical (unpaired) electrons. The smallest absolute Gasteiger partial charge is 0.245 e. The zero-order valence-electron chi connectivity index (χ0n) is 21.3. The molecule has 1 unspecified atom stereocenters. The van der Waals surface area contributed by atoms with Gasteiger partial charge in [-0.05, 0) is 46.5 Å². The molecule has 1 aromatic heterocycles. The number of benzene rings is 3. The third-order valence-corrected chi connectivity index (χ3v) is 5.86. The summed E-state index contributed by atoms with van der Waals surface area (Å²) in [6, 6.07) is 24.4. The van der Waals surface area contributed by atoms with Gasteiger partial charge in [0, 0.05) is 12.1 Å². The predicted octanol–water partition coefficient (Wildman–Crippen LogP) is 2.59. The van der Waals surface area contributed by atoms with Gasteiger partial charge in [-0.1, -0.05) is 78.9 Å². The Morgan fingerprint density at radius 3 is 2.29 bits per heavy atom. The third-order valence-electron chi connectivity index (χ3n) is 5.86. The molecule has 0 saturated heterocycles. The molecule has 0 aliphatic rings. The molecular weight excluding hydrogens is 482 g/mol. The number of nitrogens with two attached hydrogens (primary N) is 1. The van der Waals surface area contributed by atoms with E-state index < -0.39 is 17.5 Å². The molecule has 1 heterocycles. The van der Waals surface area contributed by atoms with Gasteiger partial charge < -0.3 is 21.1 Å². The van der Waals surface area contributed by atoms with Gasteiger partial charge in [-0.3, -0.25) is 9.59 Å². The molecule has 2 amide bonds. The van der Waals surface area contributed by atoms with Crippen LogP contribution in [0, 0.1) is 0 Å². The maximum Gasteiger partial charge on any atom is 0.245 e. The van der Waals surface area contributed by atoms with Crippen LogP contribution < -0.4 is 16.4 Å². The molecule has 196 valence electrons. The van der Waals surface area contributed by atoms with Crippen molar-refractivity contribution < 1.29 is 14.3 Å². The Kier molecular flexibility index (Phi) is 8.57. The summed E-state index contributed by atoms with van der Waals surface area (Å²) < 4.78 is 5.74. The number of amides is 2. The lowest BCUT2D eigenvalue weighted by Gasteiger charge is -2.24. The monoisotopic (exact) mass is 513 g/mol. The van der Waals surface area contributed by atoms with Crippen LogP contribution in [0.3, 0.4) is 0 Å².